The predicted octanol–water partition coefficient (Wildman–Crippen LogP) is 6.32. The fraction of sp³-hybridized carbons (Fsp3) is 0.154. The number of hydrogen-bond donors (Lipinski definition) is 1. The van der Waals surface area contributed by atoms with Gasteiger partial charge in [0.05, 0.1) is 5.39 Å². The Balaban J connectivity index is 1.63. The molecular weight excluding hydrogens is 388 g/mol. The number of fused-ring (bicyclic) bond motifs is 2. The fourth-order valence-electron chi connectivity index (χ4n) is 4.12. The average Bonchev–Trinajstić information content (AvgIpc) is 3.07. The molecule has 2 heterocycles. The highest BCUT2D eigenvalue weighted by atomic mass is 32.1. The van der Waals surface area contributed by atoms with Gasteiger partial charge in [-0.2, -0.15) is 0 Å². The quantitative estimate of drug-likeness (QED) is 0.378. The van der Waals surface area contributed by atoms with E-state index in [4.69, 9.17) is 4.98 Å². The molecule has 0 saturated heterocycles. The normalized spacial score (nSPS) is 11.4. The molecule has 5 rings (SSSR count). The molecule has 5 aromatic rings. The lowest BCUT2D eigenvalue weighted by molar-refractivity contribution is 0.983. The maximum absolute atomic E-state index is 13.1. The Morgan fingerprint density at radius 3 is 2.57 bits per heavy atom. The van der Waals surface area contributed by atoms with Crippen molar-refractivity contribution in [1.82, 2.24) is 9.97 Å². The Morgan fingerprint density at radius 1 is 0.933 bits per heavy atom. The molecule has 0 saturated carbocycles. The van der Waals surface area contributed by atoms with E-state index in [1.54, 1.807) is 11.3 Å². The third-order valence-electron chi connectivity index (χ3n) is 5.82. The van der Waals surface area contributed by atoms with E-state index in [0.29, 0.717) is 17.6 Å². The van der Waals surface area contributed by atoms with E-state index in [0.717, 1.165) is 20.8 Å². The first kappa shape index (κ1) is 18.8. The van der Waals surface area contributed by atoms with Crippen LogP contribution in [0.15, 0.2) is 65.5 Å². The zero-order valence-corrected chi connectivity index (χ0v) is 18.1. The Labute approximate surface area is 179 Å². The van der Waals surface area contributed by atoms with Crippen LogP contribution in [0.1, 0.15) is 27.4 Å². The number of benzene rings is 3. The summed E-state index contributed by atoms with van der Waals surface area (Å²) < 4.78 is 0. The molecule has 0 spiro atoms. The molecule has 3 nitrogen and oxygen atoms in total. The summed E-state index contributed by atoms with van der Waals surface area (Å²) in [6.45, 7) is 6.28. The second-order valence-corrected chi connectivity index (χ2v) is 9.04. The highest BCUT2D eigenvalue weighted by Gasteiger charge is 2.17. The summed E-state index contributed by atoms with van der Waals surface area (Å²) in [5, 5.41) is 3.09. The number of rotatable bonds is 3. The van der Waals surface area contributed by atoms with E-state index in [9.17, 15) is 4.79 Å². The summed E-state index contributed by atoms with van der Waals surface area (Å²) in [5.41, 5.74) is 5.66. The molecule has 1 N–H and O–H groups in total. The summed E-state index contributed by atoms with van der Waals surface area (Å²) in [6, 6.07) is 21.0. The molecule has 3 aromatic carbocycles. The monoisotopic (exact) mass is 410 g/mol. The summed E-state index contributed by atoms with van der Waals surface area (Å²) in [5.74, 6) is 0.705. The van der Waals surface area contributed by atoms with Crippen LogP contribution in [0.5, 0.6) is 0 Å². The Morgan fingerprint density at radius 2 is 1.73 bits per heavy atom. The zero-order valence-electron chi connectivity index (χ0n) is 17.2. The summed E-state index contributed by atoms with van der Waals surface area (Å²) in [7, 11) is 0. The largest absolute Gasteiger partial charge is 0.310 e. The van der Waals surface area contributed by atoms with Crippen LogP contribution in [0.25, 0.3) is 32.1 Å². The number of hydrogen-bond acceptors (Lipinski definition) is 3. The van der Waals surface area contributed by atoms with Crippen LogP contribution < -0.4 is 5.56 Å². The number of aromatic amines is 1. The van der Waals surface area contributed by atoms with Crippen molar-refractivity contribution in [3.63, 3.8) is 0 Å². The topological polar surface area (TPSA) is 45.8 Å². The van der Waals surface area contributed by atoms with Gasteiger partial charge >= 0.3 is 0 Å². The van der Waals surface area contributed by atoms with Gasteiger partial charge in [0, 0.05) is 16.9 Å². The molecule has 0 bridgehead atoms. The molecular formula is C26H22N2OS. The lowest BCUT2D eigenvalue weighted by Gasteiger charge is -2.07. The third-order valence-corrected chi connectivity index (χ3v) is 6.82. The summed E-state index contributed by atoms with van der Waals surface area (Å²) in [6.07, 6.45) is 0.600. The van der Waals surface area contributed by atoms with E-state index >= 15 is 0 Å². The van der Waals surface area contributed by atoms with Crippen LogP contribution in [-0.4, -0.2) is 9.97 Å². The van der Waals surface area contributed by atoms with Gasteiger partial charge in [-0.15, -0.1) is 11.3 Å². The van der Waals surface area contributed by atoms with Crippen LogP contribution >= 0.6 is 11.3 Å². The first-order valence-corrected chi connectivity index (χ1v) is 10.9. The van der Waals surface area contributed by atoms with E-state index < -0.39 is 0 Å². The van der Waals surface area contributed by atoms with Crippen LogP contribution in [0.2, 0.25) is 0 Å². The zero-order chi connectivity index (χ0) is 20.8. The van der Waals surface area contributed by atoms with Gasteiger partial charge in [0.1, 0.15) is 10.7 Å². The van der Waals surface area contributed by atoms with Crippen LogP contribution in [0.4, 0.5) is 0 Å². The standard InChI is InChI=1S/C26H22N2OS/c1-15-11-12-20(13-16(15)2)23-17(3)30-26-24(23)25(29)27-22(28-26)14-19-9-6-8-18-7-4-5-10-21(18)19/h4-13H,14H2,1-3H3,(H,27,28,29). The molecule has 0 amide bonds. The number of aromatic nitrogens is 2. The third kappa shape index (κ3) is 3.14. The average molecular weight is 411 g/mol. The van der Waals surface area contributed by atoms with Gasteiger partial charge in [0.15, 0.2) is 0 Å². The molecule has 0 radical (unpaired) electrons. The second kappa shape index (κ2) is 7.22. The van der Waals surface area contributed by atoms with Gasteiger partial charge in [-0.1, -0.05) is 60.7 Å². The minimum absolute atomic E-state index is 0.0622. The number of nitrogens with zero attached hydrogens (tertiary/aromatic N) is 1. The van der Waals surface area contributed by atoms with Crippen LogP contribution in [-0.2, 0) is 6.42 Å². The highest BCUT2D eigenvalue weighted by molar-refractivity contribution is 7.19. The number of thiophene rings is 1. The maximum Gasteiger partial charge on any atom is 0.260 e. The predicted molar refractivity (Wildman–Crippen MR) is 127 cm³/mol. The van der Waals surface area contributed by atoms with Crippen LogP contribution in [0.3, 0.4) is 0 Å². The van der Waals surface area contributed by atoms with Crippen molar-refractivity contribution >= 4 is 32.3 Å². The molecule has 0 aliphatic carbocycles. The number of aryl methyl sites for hydroxylation is 3. The molecule has 0 aliphatic rings. The number of nitrogens with one attached hydrogen (secondary N) is 1. The molecule has 0 aliphatic heterocycles. The molecule has 4 heteroatoms. The minimum Gasteiger partial charge on any atom is -0.310 e. The Bertz CT molecular complexity index is 1470. The molecule has 148 valence electrons. The highest BCUT2D eigenvalue weighted by Crippen LogP contribution is 2.36. The minimum atomic E-state index is -0.0622. The van der Waals surface area contributed by atoms with Crippen molar-refractivity contribution in [3.8, 4) is 11.1 Å². The van der Waals surface area contributed by atoms with Gasteiger partial charge in [0.2, 0.25) is 0 Å². The Hall–Kier alpha value is -3.24. The molecule has 2 aromatic heterocycles. The molecule has 0 atom stereocenters. The maximum atomic E-state index is 13.1. The lowest BCUT2D eigenvalue weighted by atomic mass is 9.99. The SMILES string of the molecule is Cc1ccc(-c2c(C)sc3nc(Cc4cccc5ccccc45)[nH]c(=O)c23)cc1C. The van der Waals surface area contributed by atoms with Gasteiger partial charge < -0.3 is 4.98 Å². The number of H-pyrrole nitrogens is 1. The van der Waals surface area contributed by atoms with E-state index in [-0.39, 0.29) is 5.56 Å². The first-order chi connectivity index (χ1) is 14.5. The van der Waals surface area contributed by atoms with Crippen LogP contribution in [0, 0.1) is 20.8 Å². The first-order valence-electron chi connectivity index (χ1n) is 10.1. The fourth-order valence-corrected chi connectivity index (χ4v) is 5.18. The van der Waals surface area contributed by atoms with Crippen molar-refractivity contribution in [2.75, 3.05) is 0 Å². The summed E-state index contributed by atoms with van der Waals surface area (Å²) in [4.78, 5) is 22.9. The van der Waals surface area contributed by atoms with Gasteiger partial charge in [-0.3, -0.25) is 4.79 Å². The van der Waals surface area contributed by atoms with E-state index in [1.165, 1.54) is 27.5 Å². The van der Waals surface area contributed by atoms with Crippen molar-refractivity contribution < 1.29 is 0 Å². The van der Waals surface area contributed by atoms with E-state index in [2.05, 4.69) is 74.3 Å². The van der Waals surface area contributed by atoms with Gasteiger partial charge in [-0.25, -0.2) is 4.98 Å². The van der Waals surface area contributed by atoms with Gasteiger partial charge in [0.25, 0.3) is 5.56 Å². The van der Waals surface area contributed by atoms with Crippen molar-refractivity contribution in [1.29, 1.82) is 0 Å². The molecule has 0 fully saturated rings. The molecule has 0 unspecified atom stereocenters. The Kier molecular flexibility index (Phi) is 4.52. The smallest absolute Gasteiger partial charge is 0.260 e. The lowest BCUT2D eigenvalue weighted by Crippen LogP contribution is -2.12. The van der Waals surface area contributed by atoms with Crippen molar-refractivity contribution in [2.24, 2.45) is 0 Å². The van der Waals surface area contributed by atoms with Crippen molar-refractivity contribution in [3.05, 3.63) is 98.4 Å². The van der Waals surface area contributed by atoms with Gasteiger partial charge in [-0.05, 0) is 53.8 Å². The van der Waals surface area contributed by atoms with E-state index in [1.807, 2.05) is 12.1 Å². The molecule has 30 heavy (non-hydrogen) atoms. The summed E-state index contributed by atoms with van der Waals surface area (Å²) >= 11 is 1.60. The van der Waals surface area contributed by atoms with Crippen molar-refractivity contribution in [2.45, 2.75) is 27.2 Å². The second-order valence-electron chi connectivity index (χ2n) is 7.84.